The first kappa shape index (κ1) is 30.8. The van der Waals surface area contributed by atoms with Gasteiger partial charge in [0.05, 0.1) is 5.69 Å². The number of pyridine rings is 1. The molecule has 1 N–H and O–H groups in total. The van der Waals surface area contributed by atoms with Gasteiger partial charge in [0.2, 0.25) is 11.8 Å². The number of nitrogens with zero attached hydrogens (tertiary/aromatic N) is 6. The molecule has 0 amide bonds. The molecule has 5 aliphatic rings. The van der Waals surface area contributed by atoms with E-state index in [1.54, 1.807) is 15.2 Å². The highest BCUT2D eigenvalue weighted by Crippen LogP contribution is 2.41. The Morgan fingerprint density at radius 3 is 2.71 bits per heavy atom. The van der Waals surface area contributed by atoms with Crippen LogP contribution in [-0.4, -0.2) is 90.4 Å². The van der Waals surface area contributed by atoms with Crippen molar-refractivity contribution in [2.45, 2.75) is 88.1 Å². The molecule has 1 aliphatic carbocycles. The topological polar surface area (TPSA) is 115 Å². The van der Waals surface area contributed by atoms with E-state index in [0.29, 0.717) is 38.1 Å². The molecule has 4 aliphatic heterocycles. The van der Waals surface area contributed by atoms with E-state index in [9.17, 15) is 8.42 Å². The number of nitrogens with one attached hydrogen (secondary N) is 1. The number of aromatic nitrogens is 4. The molecule has 13 heteroatoms. The molecule has 1 aromatic carbocycles. The Balaban J connectivity index is 1.31. The number of hydrogen-bond donors (Lipinski definition) is 1. The average molecular weight is 652 g/mol. The smallest absolute Gasteiger partial charge is 0.284 e. The fourth-order valence-corrected chi connectivity index (χ4v) is 9.44. The molecule has 0 atom stereocenters. The van der Waals surface area contributed by atoms with Gasteiger partial charge in [-0.3, -0.25) is 4.90 Å². The molecule has 0 radical (unpaired) electrons. The number of fused-ring (bicyclic) bond motifs is 5. The van der Waals surface area contributed by atoms with E-state index in [2.05, 4.69) is 57.1 Å². The lowest BCUT2D eigenvalue weighted by molar-refractivity contribution is 0.0652. The molecular formula is C32H45N7O4SSi. The lowest BCUT2D eigenvalue weighted by Crippen LogP contribution is -2.54. The third-order valence-corrected chi connectivity index (χ3v) is 13.4. The maximum atomic E-state index is 14.0. The van der Waals surface area contributed by atoms with E-state index in [4.69, 9.17) is 9.47 Å². The summed E-state index contributed by atoms with van der Waals surface area (Å²) in [5.41, 5.74) is 5.40. The van der Waals surface area contributed by atoms with Crippen LogP contribution in [0.25, 0.3) is 11.1 Å². The van der Waals surface area contributed by atoms with E-state index < -0.39 is 18.1 Å². The van der Waals surface area contributed by atoms with Crippen LogP contribution in [0.3, 0.4) is 0 Å². The standard InChI is InChI=1S/C32H45N7O4SSi/c1-45(2,3)21-20-42-23-39-30-34-29-26-7-4-6-24(26)8-9-27(29)25-10-14-33-28(22-25)43-19-18-37-15-5-11-32(37)12-16-38(17-13-32)44(40,41)31(35-30)36-39/h8-10,14,22H,4-7,11-13,15-21,23H2,1-3H3,(H,34,35,36). The van der Waals surface area contributed by atoms with Gasteiger partial charge in [0.1, 0.15) is 13.3 Å². The normalized spacial score (nSPS) is 24.6. The predicted octanol–water partition coefficient (Wildman–Crippen LogP) is 4.90. The summed E-state index contributed by atoms with van der Waals surface area (Å²) in [5, 5.41) is 7.97. The molecule has 3 aromatic rings. The summed E-state index contributed by atoms with van der Waals surface area (Å²) < 4.78 is 43.6. The van der Waals surface area contributed by atoms with Crippen LogP contribution in [0.5, 0.6) is 5.88 Å². The van der Waals surface area contributed by atoms with Gasteiger partial charge in [-0.2, -0.15) is 9.29 Å². The highest BCUT2D eigenvalue weighted by Gasteiger charge is 2.45. The average Bonchev–Trinajstić information content (AvgIpc) is 3.75. The third-order valence-electron chi connectivity index (χ3n) is 10.0. The first-order valence-electron chi connectivity index (χ1n) is 16.4. The summed E-state index contributed by atoms with van der Waals surface area (Å²) >= 11 is 0. The second-order valence-electron chi connectivity index (χ2n) is 14.1. The Labute approximate surface area is 267 Å². The number of sulfonamides is 1. The number of benzene rings is 1. The Morgan fingerprint density at radius 2 is 1.89 bits per heavy atom. The van der Waals surface area contributed by atoms with E-state index in [1.807, 2.05) is 12.1 Å². The fraction of sp³-hybridized carbons (Fsp3) is 0.594. The summed E-state index contributed by atoms with van der Waals surface area (Å²) in [6.07, 6.45) is 8.55. The minimum Gasteiger partial charge on any atom is -0.476 e. The van der Waals surface area contributed by atoms with E-state index in [1.165, 1.54) is 11.1 Å². The quantitative estimate of drug-likeness (QED) is 0.304. The van der Waals surface area contributed by atoms with Crippen LogP contribution in [0, 0.1) is 0 Å². The maximum Gasteiger partial charge on any atom is 0.284 e. The van der Waals surface area contributed by atoms with Crippen molar-refractivity contribution in [2.75, 3.05) is 44.7 Å². The van der Waals surface area contributed by atoms with Crippen LogP contribution in [0.15, 0.2) is 35.6 Å². The predicted molar refractivity (Wildman–Crippen MR) is 176 cm³/mol. The zero-order chi connectivity index (χ0) is 31.2. The van der Waals surface area contributed by atoms with Crippen molar-refractivity contribution < 1.29 is 17.9 Å². The summed E-state index contributed by atoms with van der Waals surface area (Å²) in [6.45, 7) is 10.9. The number of ether oxygens (including phenoxy) is 2. The third kappa shape index (κ3) is 6.17. The largest absolute Gasteiger partial charge is 0.476 e. The summed E-state index contributed by atoms with van der Waals surface area (Å²) in [6, 6.07) is 9.33. The van der Waals surface area contributed by atoms with Crippen LogP contribution < -0.4 is 10.1 Å². The Kier molecular flexibility index (Phi) is 8.26. The molecule has 242 valence electrons. The van der Waals surface area contributed by atoms with Gasteiger partial charge in [0.15, 0.2) is 0 Å². The van der Waals surface area contributed by atoms with Crippen molar-refractivity contribution in [1.29, 1.82) is 0 Å². The number of aryl methyl sites for hydroxylation is 1. The molecule has 2 fully saturated rings. The van der Waals surface area contributed by atoms with Crippen LogP contribution in [0.2, 0.25) is 25.7 Å². The zero-order valence-corrected chi connectivity index (χ0v) is 28.5. The number of anilines is 2. The first-order valence-corrected chi connectivity index (χ1v) is 21.5. The minimum atomic E-state index is -3.90. The van der Waals surface area contributed by atoms with Crippen molar-refractivity contribution >= 4 is 29.7 Å². The van der Waals surface area contributed by atoms with Crippen LogP contribution in [0.1, 0.15) is 43.2 Å². The lowest BCUT2D eigenvalue weighted by Gasteiger charge is -2.44. The van der Waals surface area contributed by atoms with E-state index in [-0.39, 0.29) is 17.4 Å². The van der Waals surface area contributed by atoms with E-state index in [0.717, 1.165) is 80.9 Å². The maximum absolute atomic E-state index is 14.0. The molecule has 6 bridgehead atoms. The van der Waals surface area contributed by atoms with Crippen LogP contribution in [0.4, 0.5) is 11.6 Å². The highest BCUT2D eigenvalue weighted by molar-refractivity contribution is 7.89. The summed E-state index contributed by atoms with van der Waals surface area (Å²) in [7, 11) is -5.20. The SMILES string of the molecule is C[Si](C)(C)CCOCn1nc2nc1Nc1c(ccc3c1CCC3)-c1ccnc(c1)OCCN1CCCC13CCN(CC3)S2(=O)=O. The Morgan fingerprint density at radius 1 is 1.04 bits per heavy atom. The number of rotatable bonds is 5. The minimum absolute atomic E-state index is 0.000869. The lowest BCUT2D eigenvalue weighted by atomic mass is 9.86. The van der Waals surface area contributed by atoms with Crippen LogP contribution >= 0.6 is 0 Å². The second kappa shape index (κ2) is 12.1. The molecular weight excluding hydrogens is 607 g/mol. The molecule has 45 heavy (non-hydrogen) atoms. The molecule has 2 saturated heterocycles. The number of hydrogen-bond acceptors (Lipinski definition) is 9. The van der Waals surface area contributed by atoms with Crippen molar-refractivity contribution in [2.24, 2.45) is 0 Å². The van der Waals surface area contributed by atoms with Gasteiger partial charge in [-0.25, -0.2) is 18.1 Å². The molecule has 1 spiro atoms. The molecule has 0 unspecified atom stereocenters. The molecule has 0 saturated carbocycles. The van der Waals surface area contributed by atoms with Crippen molar-refractivity contribution in [3.05, 3.63) is 41.6 Å². The van der Waals surface area contributed by atoms with Gasteiger partial charge in [0.25, 0.3) is 15.2 Å². The van der Waals surface area contributed by atoms with Crippen LogP contribution in [-0.2, 0) is 34.3 Å². The van der Waals surface area contributed by atoms with Crippen molar-refractivity contribution in [1.82, 2.24) is 29.0 Å². The molecule has 2 aromatic heterocycles. The molecule has 8 rings (SSSR count). The monoisotopic (exact) mass is 651 g/mol. The molecule has 11 nitrogen and oxygen atoms in total. The highest BCUT2D eigenvalue weighted by atomic mass is 32.2. The van der Waals surface area contributed by atoms with Gasteiger partial charge >= 0.3 is 0 Å². The summed E-state index contributed by atoms with van der Waals surface area (Å²) in [4.78, 5) is 11.7. The van der Waals surface area contributed by atoms with Gasteiger partial charge < -0.3 is 14.8 Å². The molecule has 6 heterocycles. The fourth-order valence-electron chi connectivity index (χ4n) is 7.39. The number of piperidine rings is 1. The summed E-state index contributed by atoms with van der Waals surface area (Å²) in [5.74, 6) is 0.973. The second-order valence-corrected chi connectivity index (χ2v) is 21.6. The van der Waals surface area contributed by atoms with Crippen molar-refractivity contribution in [3.8, 4) is 17.0 Å². The van der Waals surface area contributed by atoms with Gasteiger partial charge in [-0.15, -0.1) is 5.10 Å². The first-order chi connectivity index (χ1) is 21.6. The van der Waals surface area contributed by atoms with Crippen molar-refractivity contribution in [3.63, 3.8) is 0 Å². The van der Waals surface area contributed by atoms with E-state index >= 15 is 0 Å². The van der Waals surface area contributed by atoms with Gasteiger partial charge in [-0.1, -0.05) is 31.8 Å². The Hall–Kier alpha value is -2.84. The zero-order valence-electron chi connectivity index (χ0n) is 26.7. The van der Waals surface area contributed by atoms with Gasteiger partial charge in [0, 0.05) is 57.7 Å². The van der Waals surface area contributed by atoms with Gasteiger partial charge in [-0.05, 0) is 80.3 Å². The Bertz CT molecular complexity index is 1660.